The van der Waals surface area contributed by atoms with Gasteiger partial charge >= 0.3 is 0 Å². The van der Waals surface area contributed by atoms with Crippen LogP contribution in [0.15, 0.2) is 29.2 Å². The van der Waals surface area contributed by atoms with Crippen molar-refractivity contribution in [2.75, 3.05) is 13.1 Å². The van der Waals surface area contributed by atoms with Crippen LogP contribution >= 0.6 is 12.4 Å². The van der Waals surface area contributed by atoms with Crippen LogP contribution in [0.4, 0.5) is 5.69 Å². The molecule has 0 unspecified atom stereocenters. The van der Waals surface area contributed by atoms with Crippen LogP contribution in [0, 0.1) is 10.1 Å². The minimum absolute atomic E-state index is 0. The molecule has 1 aromatic rings. The van der Waals surface area contributed by atoms with Crippen molar-refractivity contribution in [2.24, 2.45) is 0 Å². The summed E-state index contributed by atoms with van der Waals surface area (Å²) in [4.78, 5) is 10.1. The van der Waals surface area contributed by atoms with Crippen LogP contribution in [0.2, 0.25) is 0 Å². The molecule has 106 valence electrons. The quantitative estimate of drug-likeness (QED) is 0.676. The Balaban J connectivity index is 0.00000180. The molecule has 0 bridgehead atoms. The molecule has 19 heavy (non-hydrogen) atoms. The predicted molar refractivity (Wildman–Crippen MR) is 73.4 cm³/mol. The van der Waals surface area contributed by atoms with E-state index in [0.717, 1.165) is 0 Å². The van der Waals surface area contributed by atoms with Crippen LogP contribution < -0.4 is 5.32 Å². The summed E-state index contributed by atoms with van der Waals surface area (Å²) >= 11 is 0. The van der Waals surface area contributed by atoms with Gasteiger partial charge in [-0.3, -0.25) is 10.1 Å². The zero-order valence-corrected chi connectivity index (χ0v) is 11.7. The van der Waals surface area contributed by atoms with Gasteiger partial charge in [-0.1, -0.05) is 0 Å². The van der Waals surface area contributed by atoms with Crippen LogP contribution in [0.3, 0.4) is 0 Å². The average Bonchev–Trinajstić information content (AvgIpc) is 2.40. The number of benzene rings is 1. The number of nitrogens with one attached hydrogen (secondary N) is 1. The van der Waals surface area contributed by atoms with E-state index >= 15 is 0 Å². The molecule has 1 fully saturated rings. The van der Waals surface area contributed by atoms with E-state index in [-0.39, 0.29) is 28.2 Å². The molecule has 0 aromatic heterocycles. The molecule has 1 aliphatic rings. The highest BCUT2D eigenvalue weighted by molar-refractivity contribution is 7.92. The van der Waals surface area contributed by atoms with Crippen molar-refractivity contribution in [3.8, 4) is 0 Å². The Morgan fingerprint density at radius 3 is 2.16 bits per heavy atom. The molecule has 2 rings (SSSR count). The summed E-state index contributed by atoms with van der Waals surface area (Å²) < 4.78 is 24.5. The molecule has 1 N–H and O–H groups in total. The Morgan fingerprint density at radius 2 is 1.68 bits per heavy atom. The fraction of sp³-hybridized carbons (Fsp3) is 0.455. The molecule has 1 heterocycles. The molecule has 1 aromatic carbocycles. The van der Waals surface area contributed by atoms with E-state index in [2.05, 4.69) is 5.32 Å². The number of rotatable bonds is 3. The highest BCUT2D eigenvalue weighted by Crippen LogP contribution is 2.24. The van der Waals surface area contributed by atoms with Crippen LogP contribution in [-0.4, -0.2) is 31.7 Å². The first-order chi connectivity index (χ1) is 8.51. The Kier molecular flexibility index (Phi) is 5.28. The van der Waals surface area contributed by atoms with Gasteiger partial charge in [0.05, 0.1) is 15.1 Å². The topological polar surface area (TPSA) is 89.3 Å². The number of piperidine rings is 1. The number of nitro groups is 1. The van der Waals surface area contributed by atoms with Crippen molar-refractivity contribution in [3.63, 3.8) is 0 Å². The summed E-state index contributed by atoms with van der Waals surface area (Å²) in [7, 11) is -3.37. The van der Waals surface area contributed by atoms with Crippen LogP contribution in [0.5, 0.6) is 0 Å². The molecule has 1 aliphatic heterocycles. The third kappa shape index (κ3) is 3.43. The van der Waals surface area contributed by atoms with Crippen molar-refractivity contribution < 1.29 is 13.3 Å². The van der Waals surface area contributed by atoms with Gasteiger partial charge in [0.25, 0.3) is 5.69 Å². The molecular formula is C11H15ClN2O4S. The molecule has 0 aliphatic carbocycles. The van der Waals surface area contributed by atoms with Crippen molar-refractivity contribution in [1.29, 1.82) is 0 Å². The van der Waals surface area contributed by atoms with Gasteiger partial charge in [0.15, 0.2) is 9.84 Å². The minimum Gasteiger partial charge on any atom is -0.317 e. The van der Waals surface area contributed by atoms with Crippen LogP contribution in [0.1, 0.15) is 12.8 Å². The van der Waals surface area contributed by atoms with E-state index in [1.54, 1.807) is 0 Å². The largest absolute Gasteiger partial charge is 0.317 e. The van der Waals surface area contributed by atoms with Gasteiger partial charge in [-0.25, -0.2) is 8.42 Å². The maximum Gasteiger partial charge on any atom is 0.269 e. The van der Waals surface area contributed by atoms with Gasteiger partial charge in [-0.15, -0.1) is 12.4 Å². The lowest BCUT2D eigenvalue weighted by atomic mass is 10.2. The van der Waals surface area contributed by atoms with Crippen molar-refractivity contribution in [3.05, 3.63) is 34.4 Å². The zero-order valence-electron chi connectivity index (χ0n) is 10.1. The molecule has 1 saturated heterocycles. The predicted octanol–water partition coefficient (Wildman–Crippen LogP) is 1.54. The third-order valence-corrected chi connectivity index (χ3v) is 5.38. The Morgan fingerprint density at radius 1 is 1.16 bits per heavy atom. The number of hydrogen-bond donors (Lipinski definition) is 1. The van der Waals surface area contributed by atoms with E-state index in [4.69, 9.17) is 0 Å². The summed E-state index contributed by atoms with van der Waals surface area (Å²) in [5.41, 5.74) is -0.0979. The first kappa shape index (κ1) is 15.9. The first-order valence-electron chi connectivity index (χ1n) is 5.71. The molecule has 0 radical (unpaired) electrons. The molecule has 8 heteroatoms. The standard InChI is InChI=1S/C11H14N2O4S.ClH/c14-13(15)9-1-3-10(4-2-9)18(16,17)11-5-7-12-8-6-11;/h1-4,11-12H,5-8H2;1H. The van der Waals surface area contributed by atoms with Gasteiger partial charge < -0.3 is 5.32 Å². The first-order valence-corrected chi connectivity index (χ1v) is 7.25. The lowest BCUT2D eigenvalue weighted by Crippen LogP contribution is -2.35. The lowest BCUT2D eigenvalue weighted by molar-refractivity contribution is -0.384. The maximum absolute atomic E-state index is 12.3. The Labute approximate surface area is 117 Å². The normalized spacial score (nSPS) is 16.6. The second kappa shape index (κ2) is 6.31. The fourth-order valence-electron chi connectivity index (χ4n) is 2.06. The SMILES string of the molecule is Cl.O=[N+]([O-])c1ccc(S(=O)(=O)C2CCNCC2)cc1. The summed E-state index contributed by atoms with van der Waals surface area (Å²) in [5.74, 6) is 0. The van der Waals surface area contributed by atoms with E-state index in [1.807, 2.05) is 0 Å². The molecule has 0 atom stereocenters. The summed E-state index contributed by atoms with van der Waals surface area (Å²) in [6.45, 7) is 1.38. The van der Waals surface area contributed by atoms with Gasteiger partial charge in [0, 0.05) is 12.1 Å². The highest BCUT2D eigenvalue weighted by Gasteiger charge is 2.29. The number of halogens is 1. The van der Waals surface area contributed by atoms with Gasteiger partial charge in [-0.05, 0) is 38.1 Å². The Bertz CT molecular complexity index is 538. The maximum atomic E-state index is 12.3. The van der Waals surface area contributed by atoms with Crippen molar-refractivity contribution in [2.45, 2.75) is 23.0 Å². The molecule has 6 nitrogen and oxygen atoms in total. The smallest absolute Gasteiger partial charge is 0.269 e. The molecular weight excluding hydrogens is 292 g/mol. The minimum atomic E-state index is -3.37. The molecule has 0 saturated carbocycles. The van der Waals surface area contributed by atoms with Gasteiger partial charge in [0.2, 0.25) is 0 Å². The van der Waals surface area contributed by atoms with E-state index in [1.165, 1.54) is 24.3 Å². The summed E-state index contributed by atoms with van der Waals surface area (Å²) in [6, 6.07) is 5.09. The van der Waals surface area contributed by atoms with Crippen LogP contribution in [0.25, 0.3) is 0 Å². The molecule has 0 spiro atoms. The van der Waals surface area contributed by atoms with Gasteiger partial charge in [0.1, 0.15) is 0 Å². The van der Waals surface area contributed by atoms with Gasteiger partial charge in [-0.2, -0.15) is 0 Å². The summed E-state index contributed by atoms with van der Waals surface area (Å²) in [6.07, 6.45) is 1.17. The average molecular weight is 307 g/mol. The second-order valence-electron chi connectivity index (χ2n) is 4.25. The highest BCUT2D eigenvalue weighted by atomic mass is 35.5. The number of non-ortho nitro benzene ring substituents is 1. The van der Waals surface area contributed by atoms with E-state index < -0.39 is 14.8 Å². The van der Waals surface area contributed by atoms with Crippen molar-refractivity contribution >= 4 is 27.9 Å². The molecule has 0 amide bonds. The summed E-state index contributed by atoms with van der Waals surface area (Å²) in [5, 5.41) is 13.2. The van der Waals surface area contributed by atoms with Crippen molar-refractivity contribution in [1.82, 2.24) is 5.32 Å². The van der Waals surface area contributed by atoms with Crippen LogP contribution in [-0.2, 0) is 9.84 Å². The van der Waals surface area contributed by atoms with E-state index in [9.17, 15) is 18.5 Å². The Hall–Kier alpha value is -1.18. The number of sulfone groups is 1. The monoisotopic (exact) mass is 306 g/mol. The van der Waals surface area contributed by atoms with E-state index in [0.29, 0.717) is 25.9 Å². The lowest BCUT2D eigenvalue weighted by Gasteiger charge is -2.22. The number of nitrogens with zero attached hydrogens (tertiary/aromatic N) is 1. The number of nitro benzene ring substituents is 1. The second-order valence-corrected chi connectivity index (χ2v) is 6.47. The fourth-order valence-corrected chi connectivity index (χ4v) is 3.81. The number of hydrogen-bond acceptors (Lipinski definition) is 5. The third-order valence-electron chi connectivity index (χ3n) is 3.10. The zero-order chi connectivity index (χ0) is 13.2.